The van der Waals surface area contributed by atoms with Crippen LogP contribution in [0, 0.1) is 17.4 Å². The number of cyclic esters (lactones) is 1. The zero-order valence-electron chi connectivity index (χ0n) is 16.7. The lowest BCUT2D eigenvalue weighted by Crippen LogP contribution is -2.05. The Morgan fingerprint density at radius 3 is 2.43 bits per heavy atom. The standard InChI is InChI=1S/C25H20INO3/c1-16-3-5-19(6-4-16)15-29-21-10-7-18(8-11-21)14-23-25(28)30-24(27-23)20-9-12-22(26)17(2)13-20/h3-14H,15H2,1-2H3/b23-14-. The Labute approximate surface area is 189 Å². The highest BCUT2D eigenvalue weighted by molar-refractivity contribution is 14.1. The van der Waals surface area contributed by atoms with E-state index in [1.165, 1.54) is 5.56 Å². The van der Waals surface area contributed by atoms with Crippen LogP contribution in [0.4, 0.5) is 0 Å². The molecule has 0 aliphatic carbocycles. The van der Waals surface area contributed by atoms with Crippen molar-refractivity contribution in [3.05, 3.63) is 104 Å². The summed E-state index contributed by atoms with van der Waals surface area (Å²) in [6.07, 6.45) is 1.72. The molecule has 150 valence electrons. The van der Waals surface area contributed by atoms with Crippen LogP contribution in [0.3, 0.4) is 0 Å². The van der Waals surface area contributed by atoms with Crippen LogP contribution in [-0.4, -0.2) is 11.9 Å². The Morgan fingerprint density at radius 2 is 1.73 bits per heavy atom. The summed E-state index contributed by atoms with van der Waals surface area (Å²) in [6, 6.07) is 21.7. The van der Waals surface area contributed by atoms with E-state index in [4.69, 9.17) is 9.47 Å². The van der Waals surface area contributed by atoms with Crippen molar-refractivity contribution in [1.29, 1.82) is 0 Å². The first kappa shape index (κ1) is 20.3. The number of carbonyl (C=O) groups excluding carboxylic acids is 1. The van der Waals surface area contributed by atoms with E-state index in [0.29, 0.717) is 12.5 Å². The van der Waals surface area contributed by atoms with Gasteiger partial charge in [-0.05, 0) is 89.5 Å². The number of nitrogens with zero attached hydrogens (tertiary/aromatic N) is 1. The molecule has 0 fully saturated rings. The van der Waals surface area contributed by atoms with Gasteiger partial charge >= 0.3 is 5.97 Å². The van der Waals surface area contributed by atoms with Crippen molar-refractivity contribution < 1.29 is 14.3 Å². The van der Waals surface area contributed by atoms with Gasteiger partial charge in [0.1, 0.15) is 12.4 Å². The van der Waals surface area contributed by atoms with Crippen molar-refractivity contribution in [3.8, 4) is 5.75 Å². The molecule has 0 spiro atoms. The Balaban J connectivity index is 1.46. The van der Waals surface area contributed by atoms with Gasteiger partial charge in [-0.2, -0.15) is 0 Å². The average Bonchev–Trinajstić information content (AvgIpc) is 3.11. The van der Waals surface area contributed by atoms with Crippen molar-refractivity contribution in [1.82, 2.24) is 0 Å². The molecule has 0 radical (unpaired) electrons. The maximum absolute atomic E-state index is 12.2. The van der Waals surface area contributed by atoms with Crippen LogP contribution in [0.5, 0.6) is 5.75 Å². The monoisotopic (exact) mass is 509 g/mol. The molecule has 1 heterocycles. The first-order valence-corrected chi connectivity index (χ1v) is 10.6. The third kappa shape index (κ3) is 4.79. The molecule has 0 saturated heterocycles. The molecule has 0 unspecified atom stereocenters. The number of aliphatic imine (C=N–C) groups is 1. The Hall–Kier alpha value is -2.93. The molecule has 0 aromatic heterocycles. The number of carbonyl (C=O) groups is 1. The molecular formula is C25H20INO3. The van der Waals surface area contributed by atoms with Crippen molar-refractivity contribution in [2.45, 2.75) is 20.5 Å². The van der Waals surface area contributed by atoms with Crippen LogP contribution in [0.15, 0.2) is 77.4 Å². The average molecular weight is 509 g/mol. The lowest BCUT2D eigenvalue weighted by atomic mass is 10.1. The molecule has 0 amide bonds. The molecule has 3 aromatic carbocycles. The molecule has 30 heavy (non-hydrogen) atoms. The second-order valence-corrected chi connectivity index (χ2v) is 8.31. The SMILES string of the molecule is Cc1ccc(COc2ccc(/C=C3\N=C(c4ccc(I)c(C)c4)OC3=O)cc2)cc1. The molecule has 3 aromatic rings. The van der Waals surface area contributed by atoms with Crippen LogP contribution in [0.1, 0.15) is 27.8 Å². The van der Waals surface area contributed by atoms with E-state index in [1.54, 1.807) is 6.08 Å². The predicted molar refractivity (Wildman–Crippen MR) is 126 cm³/mol. The van der Waals surface area contributed by atoms with Gasteiger partial charge in [-0.25, -0.2) is 9.79 Å². The minimum atomic E-state index is -0.444. The summed E-state index contributed by atoms with van der Waals surface area (Å²) in [7, 11) is 0. The molecule has 0 N–H and O–H groups in total. The van der Waals surface area contributed by atoms with Crippen LogP contribution in [-0.2, 0) is 16.1 Å². The summed E-state index contributed by atoms with van der Waals surface area (Å²) in [5.41, 5.74) is 5.40. The highest BCUT2D eigenvalue weighted by atomic mass is 127. The van der Waals surface area contributed by atoms with Gasteiger partial charge in [0.05, 0.1) is 0 Å². The number of hydrogen-bond donors (Lipinski definition) is 0. The Kier molecular flexibility index (Phi) is 5.99. The maximum atomic E-state index is 12.2. The Bertz CT molecular complexity index is 1150. The topological polar surface area (TPSA) is 47.9 Å². The zero-order valence-corrected chi connectivity index (χ0v) is 18.8. The van der Waals surface area contributed by atoms with E-state index in [0.717, 1.165) is 31.6 Å². The Morgan fingerprint density at radius 1 is 1.00 bits per heavy atom. The molecule has 1 aliphatic heterocycles. The van der Waals surface area contributed by atoms with Crippen LogP contribution < -0.4 is 4.74 Å². The van der Waals surface area contributed by atoms with Crippen molar-refractivity contribution in [2.75, 3.05) is 0 Å². The second kappa shape index (κ2) is 8.83. The molecular weight excluding hydrogens is 489 g/mol. The van der Waals surface area contributed by atoms with Crippen LogP contribution in [0.2, 0.25) is 0 Å². The lowest BCUT2D eigenvalue weighted by Gasteiger charge is -2.07. The predicted octanol–water partition coefficient (Wildman–Crippen LogP) is 5.83. The first-order chi connectivity index (χ1) is 14.5. The second-order valence-electron chi connectivity index (χ2n) is 7.14. The van der Waals surface area contributed by atoms with Crippen molar-refractivity contribution in [2.24, 2.45) is 4.99 Å². The highest BCUT2D eigenvalue weighted by Crippen LogP contribution is 2.22. The number of esters is 1. The molecule has 0 saturated carbocycles. The maximum Gasteiger partial charge on any atom is 0.363 e. The number of benzene rings is 3. The van der Waals surface area contributed by atoms with E-state index >= 15 is 0 Å². The fraction of sp³-hybridized carbons (Fsp3) is 0.120. The number of rotatable bonds is 5. The summed E-state index contributed by atoms with van der Waals surface area (Å²) < 4.78 is 12.3. The molecule has 4 nitrogen and oxygen atoms in total. The van der Waals surface area contributed by atoms with E-state index in [1.807, 2.05) is 49.4 Å². The third-order valence-electron chi connectivity index (χ3n) is 4.73. The normalized spacial score (nSPS) is 14.6. The van der Waals surface area contributed by atoms with E-state index in [9.17, 15) is 4.79 Å². The number of hydrogen-bond acceptors (Lipinski definition) is 4. The largest absolute Gasteiger partial charge is 0.489 e. The summed E-state index contributed by atoms with van der Waals surface area (Å²) in [5.74, 6) is 0.662. The summed E-state index contributed by atoms with van der Waals surface area (Å²) >= 11 is 2.27. The molecule has 5 heteroatoms. The van der Waals surface area contributed by atoms with Crippen molar-refractivity contribution >= 4 is 40.5 Å². The van der Waals surface area contributed by atoms with Gasteiger partial charge in [0.25, 0.3) is 0 Å². The minimum Gasteiger partial charge on any atom is -0.489 e. The van der Waals surface area contributed by atoms with E-state index in [-0.39, 0.29) is 5.70 Å². The molecule has 0 bridgehead atoms. The third-order valence-corrected chi connectivity index (χ3v) is 5.95. The highest BCUT2D eigenvalue weighted by Gasteiger charge is 2.24. The summed E-state index contributed by atoms with van der Waals surface area (Å²) in [5, 5.41) is 0. The van der Waals surface area contributed by atoms with E-state index < -0.39 is 5.97 Å². The molecule has 4 rings (SSSR count). The smallest absolute Gasteiger partial charge is 0.363 e. The molecule has 1 aliphatic rings. The first-order valence-electron chi connectivity index (χ1n) is 9.55. The quantitative estimate of drug-likeness (QED) is 0.247. The number of aryl methyl sites for hydroxylation is 2. The van der Waals surface area contributed by atoms with Gasteiger partial charge in [-0.15, -0.1) is 0 Å². The van der Waals surface area contributed by atoms with Gasteiger partial charge in [0.15, 0.2) is 5.70 Å². The summed E-state index contributed by atoms with van der Waals surface area (Å²) in [4.78, 5) is 16.6. The molecule has 0 atom stereocenters. The van der Waals surface area contributed by atoms with Crippen molar-refractivity contribution in [3.63, 3.8) is 0 Å². The lowest BCUT2D eigenvalue weighted by molar-refractivity contribution is -0.129. The fourth-order valence-corrected chi connectivity index (χ4v) is 3.31. The van der Waals surface area contributed by atoms with Gasteiger partial charge in [0, 0.05) is 9.13 Å². The van der Waals surface area contributed by atoms with E-state index in [2.05, 4.69) is 58.8 Å². The van der Waals surface area contributed by atoms with Gasteiger partial charge in [0.2, 0.25) is 5.90 Å². The number of ether oxygens (including phenoxy) is 2. The van der Waals surface area contributed by atoms with Gasteiger partial charge in [-0.3, -0.25) is 0 Å². The van der Waals surface area contributed by atoms with Crippen LogP contribution in [0.25, 0.3) is 6.08 Å². The summed E-state index contributed by atoms with van der Waals surface area (Å²) in [6.45, 7) is 4.59. The fourth-order valence-electron chi connectivity index (χ4n) is 2.98. The minimum absolute atomic E-state index is 0.287. The van der Waals surface area contributed by atoms with Crippen LogP contribution >= 0.6 is 22.6 Å². The van der Waals surface area contributed by atoms with Gasteiger partial charge in [-0.1, -0.05) is 42.0 Å². The number of halogens is 1. The zero-order chi connectivity index (χ0) is 21.1. The van der Waals surface area contributed by atoms with Gasteiger partial charge < -0.3 is 9.47 Å².